The minimum absolute atomic E-state index is 0.763. The van der Waals surface area contributed by atoms with Crippen LogP contribution in [-0.4, -0.2) is 25.2 Å². The number of rotatable bonds is 3. The zero-order valence-corrected chi connectivity index (χ0v) is 11.8. The quantitative estimate of drug-likeness (QED) is 0.893. The highest BCUT2D eigenvalue weighted by Gasteiger charge is 2.16. The van der Waals surface area contributed by atoms with Gasteiger partial charge in [-0.05, 0) is 58.5 Å². The van der Waals surface area contributed by atoms with Gasteiger partial charge in [0.05, 0.1) is 7.11 Å². The second-order valence-corrected chi connectivity index (χ2v) is 5.30. The number of ether oxygens (including phenoxy) is 1. The Labute approximate surface area is 110 Å². The molecule has 0 saturated carbocycles. The Morgan fingerprint density at radius 2 is 2.17 bits per heavy atom. The maximum absolute atomic E-state index is 5.48. The van der Waals surface area contributed by atoms with E-state index < -0.39 is 0 Å². The predicted octanol–water partition coefficient (Wildman–Crippen LogP) is 2.64. The van der Waals surface area contributed by atoms with Gasteiger partial charge in [-0.25, -0.2) is 0 Å². The van der Waals surface area contributed by atoms with Crippen molar-refractivity contribution in [1.29, 1.82) is 0 Å². The van der Waals surface area contributed by atoms with Crippen molar-refractivity contribution < 1.29 is 4.74 Å². The van der Waals surface area contributed by atoms with Crippen molar-refractivity contribution in [3.8, 4) is 5.75 Å². The maximum Gasteiger partial charge on any atom is 0.128 e. The van der Waals surface area contributed by atoms with Crippen molar-refractivity contribution in [2.75, 3.05) is 20.2 Å². The second-order valence-electron chi connectivity index (χ2n) is 5.30. The average Bonchev–Trinajstić information content (AvgIpc) is 2.62. The molecule has 1 aromatic rings. The van der Waals surface area contributed by atoms with Crippen LogP contribution in [0.5, 0.6) is 5.75 Å². The van der Waals surface area contributed by atoms with E-state index in [0.717, 1.165) is 30.2 Å². The number of nitrogens with one attached hydrogen (secondary N) is 1. The van der Waals surface area contributed by atoms with Gasteiger partial charge in [-0.2, -0.15) is 0 Å². The summed E-state index contributed by atoms with van der Waals surface area (Å²) in [5.74, 6) is 1.77. The predicted molar refractivity (Wildman–Crippen MR) is 74.2 cm³/mol. The van der Waals surface area contributed by atoms with E-state index >= 15 is 0 Å². The van der Waals surface area contributed by atoms with Gasteiger partial charge in [0.2, 0.25) is 0 Å². The lowest BCUT2D eigenvalue weighted by molar-refractivity contribution is 0.404. The average molecular weight is 248 g/mol. The zero-order valence-electron chi connectivity index (χ0n) is 11.8. The van der Waals surface area contributed by atoms with Gasteiger partial charge in [0, 0.05) is 23.0 Å². The van der Waals surface area contributed by atoms with Crippen LogP contribution in [0, 0.1) is 19.8 Å². The first-order valence-corrected chi connectivity index (χ1v) is 6.92. The smallest absolute Gasteiger partial charge is 0.128 e. The molecule has 0 bridgehead atoms. The minimum Gasteiger partial charge on any atom is -0.496 e. The highest BCUT2D eigenvalue weighted by Crippen LogP contribution is 2.27. The van der Waals surface area contributed by atoms with Crippen LogP contribution in [0.1, 0.15) is 36.1 Å². The molecule has 1 fully saturated rings. The topological polar surface area (TPSA) is 34.1 Å². The van der Waals surface area contributed by atoms with Gasteiger partial charge in [0.1, 0.15) is 5.75 Å². The molecule has 1 aliphatic rings. The summed E-state index contributed by atoms with van der Waals surface area (Å²) in [5.41, 5.74) is 3.56. The molecule has 0 aliphatic carbocycles. The van der Waals surface area contributed by atoms with Gasteiger partial charge in [-0.3, -0.25) is 4.98 Å². The lowest BCUT2D eigenvalue weighted by Crippen LogP contribution is -2.15. The number of hydrogen-bond donors (Lipinski definition) is 1. The summed E-state index contributed by atoms with van der Waals surface area (Å²) >= 11 is 0. The first-order valence-electron chi connectivity index (χ1n) is 6.92. The molecule has 3 nitrogen and oxygen atoms in total. The summed E-state index contributed by atoms with van der Waals surface area (Å²) in [6, 6.07) is 0. The molecule has 0 spiro atoms. The molecule has 18 heavy (non-hydrogen) atoms. The lowest BCUT2D eigenvalue weighted by Gasteiger charge is -2.17. The molecule has 100 valence electrons. The monoisotopic (exact) mass is 248 g/mol. The molecule has 1 saturated heterocycles. The van der Waals surface area contributed by atoms with Gasteiger partial charge >= 0.3 is 0 Å². The highest BCUT2D eigenvalue weighted by atomic mass is 16.5. The van der Waals surface area contributed by atoms with Gasteiger partial charge in [0.15, 0.2) is 0 Å². The van der Waals surface area contributed by atoms with Crippen LogP contribution >= 0.6 is 0 Å². The number of methoxy groups -OCH3 is 1. The van der Waals surface area contributed by atoms with E-state index in [9.17, 15) is 0 Å². The third-order valence-corrected chi connectivity index (χ3v) is 3.93. The molecule has 1 aromatic heterocycles. The first kappa shape index (κ1) is 13.3. The summed E-state index contributed by atoms with van der Waals surface area (Å²) in [5, 5.41) is 3.46. The number of aryl methyl sites for hydroxylation is 1. The summed E-state index contributed by atoms with van der Waals surface area (Å²) in [6.45, 7) is 6.49. The number of nitrogens with zero attached hydrogens (tertiary/aromatic N) is 1. The molecular weight excluding hydrogens is 224 g/mol. The third kappa shape index (κ3) is 3.02. The molecule has 3 heteroatoms. The molecular formula is C15H24N2O. The van der Waals surface area contributed by atoms with E-state index in [-0.39, 0.29) is 0 Å². The second kappa shape index (κ2) is 6.19. The lowest BCUT2D eigenvalue weighted by atomic mass is 9.93. The van der Waals surface area contributed by atoms with E-state index in [2.05, 4.69) is 24.1 Å². The highest BCUT2D eigenvalue weighted by molar-refractivity contribution is 5.41. The van der Waals surface area contributed by atoms with Crippen molar-refractivity contribution >= 4 is 0 Å². The van der Waals surface area contributed by atoms with Crippen LogP contribution < -0.4 is 10.1 Å². The molecule has 0 aromatic carbocycles. The Bertz CT molecular complexity index is 396. The van der Waals surface area contributed by atoms with E-state index in [4.69, 9.17) is 4.74 Å². The van der Waals surface area contributed by atoms with E-state index in [1.807, 2.05) is 6.20 Å². The molecule has 1 aliphatic heterocycles. The van der Waals surface area contributed by atoms with Crippen molar-refractivity contribution in [3.63, 3.8) is 0 Å². The SMILES string of the molecule is COc1c(C)cnc(CC2CCCNCC2)c1C. The molecule has 1 unspecified atom stereocenters. The van der Waals surface area contributed by atoms with Crippen molar-refractivity contribution in [2.45, 2.75) is 39.5 Å². The molecule has 2 heterocycles. The molecule has 1 N–H and O–H groups in total. The van der Waals surface area contributed by atoms with E-state index in [1.54, 1.807) is 7.11 Å². The van der Waals surface area contributed by atoms with Crippen LogP contribution in [0.4, 0.5) is 0 Å². The molecule has 0 radical (unpaired) electrons. The fourth-order valence-electron chi connectivity index (χ4n) is 2.85. The number of aromatic nitrogens is 1. The number of hydrogen-bond acceptors (Lipinski definition) is 3. The zero-order chi connectivity index (χ0) is 13.0. The summed E-state index contributed by atoms with van der Waals surface area (Å²) < 4.78 is 5.48. The minimum atomic E-state index is 0.763. The van der Waals surface area contributed by atoms with Crippen LogP contribution in [0.2, 0.25) is 0 Å². The van der Waals surface area contributed by atoms with Crippen LogP contribution in [0.15, 0.2) is 6.20 Å². The van der Waals surface area contributed by atoms with Crippen LogP contribution in [0.25, 0.3) is 0 Å². The van der Waals surface area contributed by atoms with Crippen LogP contribution in [0.3, 0.4) is 0 Å². The van der Waals surface area contributed by atoms with Crippen molar-refractivity contribution in [2.24, 2.45) is 5.92 Å². The standard InChI is InChI=1S/C15H24N2O/c1-11-10-17-14(12(2)15(11)18-3)9-13-5-4-7-16-8-6-13/h10,13,16H,4-9H2,1-3H3. The molecule has 1 atom stereocenters. The molecule has 0 amide bonds. The van der Waals surface area contributed by atoms with E-state index in [1.165, 1.54) is 37.1 Å². The Balaban J connectivity index is 2.13. The summed E-state index contributed by atoms with van der Waals surface area (Å²) in [4.78, 5) is 4.61. The Kier molecular flexibility index (Phi) is 4.59. The van der Waals surface area contributed by atoms with Gasteiger partial charge in [-0.15, -0.1) is 0 Å². The maximum atomic E-state index is 5.48. The molecule has 2 rings (SSSR count). The Hall–Kier alpha value is -1.09. The van der Waals surface area contributed by atoms with E-state index in [0.29, 0.717) is 0 Å². The van der Waals surface area contributed by atoms with Gasteiger partial charge < -0.3 is 10.1 Å². The Morgan fingerprint density at radius 3 is 2.94 bits per heavy atom. The number of pyridine rings is 1. The van der Waals surface area contributed by atoms with Crippen molar-refractivity contribution in [3.05, 3.63) is 23.0 Å². The first-order chi connectivity index (χ1) is 8.72. The van der Waals surface area contributed by atoms with Crippen molar-refractivity contribution in [1.82, 2.24) is 10.3 Å². The normalized spacial score (nSPS) is 20.5. The van der Waals surface area contributed by atoms with Crippen LogP contribution in [-0.2, 0) is 6.42 Å². The third-order valence-electron chi connectivity index (χ3n) is 3.93. The fourth-order valence-corrected chi connectivity index (χ4v) is 2.85. The summed E-state index contributed by atoms with van der Waals surface area (Å²) in [7, 11) is 1.74. The summed E-state index contributed by atoms with van der Waals surface area (Å²) in [6.07, 6.45) is 6.88. The van der Waals surface area contributed by atoms with Gasteiger partial charge in [-0.1, -0.05) is 0 Å². The van der Waals surface area contributed by atoms with Gasteiger partial charge in [0.25, 0.3) is 0 Å². The largest absolute Gasteiger partial charge is 0.496 e. The Morgan fingerprint density at radius 1 is 1.33 bits per heavy atom. The fraction of sp³-hybridized carbons (Fsp3) is 0.667.